The van der Waals surface area contributed by atoms with Crippen LogP contribution in [-0.2, 0) is 16.1 Å². The van der Waals surface area contributed by atoms with E-state index < -0.39 is 0 Å². The zero-order chi connectivity index (χ0) is 14.6. The van der Waals surface area contributed by atoms with Gasteiger partial charge in [-0.05, 0) is 38.4 Å². The van der Waals surface area contributed by atoms with Crippen molar-refractivity contribution in [3.05, 3.63) is 35.9 Å². The molecule has 0 unspecified atom stereocenters. The van der Waals surface area contributed by atoms with Crippen molar-refractivity contribution < 1.29 is 9.53 Å². The fraction of sp³-hybridized carbons (Fsp3) is 0.588. The SMILES string of the molecule is CCOC(=O)CCCCCN(CC)Cc1ccccc1. The van der Waals surface area contributed by atoms with E-state index in [-0.39, 0.29) is 5.97 Å². The summed E-state index contributed by atoms with van der Waals surface area (Å²) in [6.45, 7) is 7.69. The lowest BCUT2D eigenvalue weighted by molar-refractivity contribution is -0.143. The molecular weight excluding hydrogens is 250 g/mol. The Kier molecular flexibility index (Phi) is 8.72. The van der Waals surface area contributed by atoms with Crippen LogP contribution in [0.25, 0.3) is 0 Å². The molecular formula is C17H27NO2. The maximum absolute atomic E-state index is 11.2. The molecule has 112 valence electrons. The first kappa shape index (κ1) is 16.7. The van der Waals surface area contributed by atoms with Gasteiger partial charge in [-0.15, -0.1) is 0 Å². The predicted octanol–water partition coefficient (Wildman–Crippen LogP) is 3.63. The molecule has 0 aliphatic rings. The molecule has 0 radical (unpaired) electrons. The predicted molar refractivity (Wildman–Crippen MR) is 82.5 cm³/mol. The standard InChI is InChI=1S/C17H27NO2/c1-3-18(15-16-11-7-5-8-12-16)14-10-6-9-13-17(19)20-4-2/h5,7-8,11-12H,3-4,6,9-10,13-15H2,1-2H3. The molecule has 0 fully saturated rings. The molecule has 0 atom stereocenters. The summed E-state index contributed by atoms with van der Waals surface area (Å²) in [6.07, 6.45) is 3.71. The molecule has 1 rings (SSSR count). The first-order valence-corrected chi connectivity index (χ1v) is 7.68. The smallest absolute Gasteiger partial charge is 0.305 e. The minimum atomic E-state index is -0.0656. The van der Waals surface area contributed by atoms with Crippen molar-refractivity contribution in [3.8, 4) is 0 Å². The van der Waals surface area contributed by atoms with Crippen LogP contribution in [0.4, 0.5) is 0 Å². The van der Waals surface area contributed by atoms with Gasteiger partial charge in [-0.2, -0.15) is 0 Å². The van der Waals surface area contributed by atoms with Crippen LogP contribution < -0.4 is 0 Å². The van der Waals surface area contributed by atoms with E-state index in [2.05, 4.69) is 42.2 Å². The highest BCUT2D eigenvalue weighted by Gasteiger charge is 2.04. The van der Waals surface area contributed by atoms with Crippen molar-refractivity contribution in [1.29, 1.82) is 0 Å². The van der Waals surface area contributed by atoms with Gasteiger partial charge in [-0.25, -0.2) is 0 Å². The van der Waals surface area contributed by atoms with Crippen LogP contribution in [0.2, 0.25) is 0 Å². The Bertz CT molecular complexity index is 365. The molecule has 0 bridgehead atoms. The highest BCUT2D eigenvalue weighted by atomic mass is 16.5. The number of ether oxygens (including phenoxy) is 1. The molecule has 0 saturated carbocycles. The van der Waals surface area contributed by atoms with E-state index in [0.29, 0.717) is 13.0 Å². The van der Waals surface area contributed by atoms with Crippen molar-refractivity contribution in [2.24, 2.45) is 0 Å². The summed E-state index contributed by atoms with van der Waals surface area (Å²) in [4.78, 5) is 13.6. The van der Waals surface area contributed by atoms with Gasteiger partial charge in [0.2, 0.25) is 0 Å². The molecule has 0 spiro atoms. The second-order valence-electron chi connectivity index (χ2n) is 4.97. The molecule has 1 aromatic carbocycles. The summed E-state index contributed by atoms with van der Waals surface area (Å²) in [5, 5.41) is 0. The Labute approximate surface area is 122 Å². The molecule has 0 aliphatic carbocycles. The van der Waals surface area contributed by atoms with Gasteiger partial charge in [0, 0.05) is 13.0 Å². The summed E-state index contributed by atoms with van der Waals surface area (Å²) in [5.74, 6) is -0.0656. The maximum atomic E-state index is 11.2. The summed E-state index contributed by atoms with van der Waals surface area (Å²) >= 11 is 0. The lowest BCUT2D eigenvalue weighted by Crippen LogP contribution is -2.24. The van der Waals surface area contributed by atoms with Crippen molar-refractivity contribution in [1.82, 2.24) is 4.90 Å². The molecule has 0 amide bonds. The lowest BCUT2D eigenvalue weighted by atomic mass is 10.1. The Morgan fingerprint density at radius 1 is 1.10 bits per heavy atom. The molecule has 3 nitrogen and oxygen atoms in total. The van der Waals surface area contributed by atoms with E-state index in [4.69, 9.17) is 4.74 Å². The maximum Gasteiger partial charge on any atom is 0.305 e. The highest BCUT2D eigenvalue weighted by Crippen LogP contribution is 2.07. The molecule has 3 heteroatoms. The van der Waals surface area contributed by atoms with E-state index in [0.717, 1.165) is 38.9 Å². The molecule has 0 aromatic heterocycles. The third-order valence-electron chi connectivity index (χ3n) is 3.36. The number of benzene rings is 1. The largest absolute Gasteiger partial charge is 0.466 e. The second kappa shape index (κ2) is 10.4. The van der Waals surface area contributed by atoms with Crippen LogP contribution in [0.1, 0.15) is 45.1 Å². The highest BCUT2D eigenvalue weighted by molar-refractivity contribution is 5.69. The van der Waals surface area contributed by atoms with Gasteiger partial charge in [-0.1, -0.05) is 43.7 Å². The van der Waals surface area contributed by atoms with E-state index in [9.17, 15) is 4.79 Å². The first-order chi connectivity index (χ1) is 9.76. The van der Waals surface area contributed by atoms with Crippen LogP contribution in [0, 0.1) is 0 Å². The number of unbranched alkanes of at least 4 members (excludes halogenated alkanes) is 2. The number of nitrogens with zero attached hydrogens (tertiary/aromatic N) is 1. The van der Waals surface area contributed by atoms with E-state index >= 15 is 0 Å². The molecule has 20 heavy (non-hydrogen) atoms. The topological polar surface area (TPSA) is 29.5 Å². The van der Waals surface area contributed by atoms with Gasteiger partial charge in [0.1, 0.15) is 0 Å². The number of rotatable bonds is 10. The molecule has 0 aliphatic heterocycles. The van der Waals surface area contributed by atoms with Crippen LogP contribution in [0.15, 0.2) is 30.3 Å². The Morgan fingerprint density at radius 3 is 2.50 bits per heavy atom. The molecule has 1 aromatic rings. The number of carbonyl (C=O) groups excluding carboxylic acids is 1. The Morgan fingerprint density at radius 2 is 1.85 bits per heavy atom. The summed E-state index contributed by atoms with van der Waals surface area (Å²) < 4.78 is 4.92. The average Bonchev–Trinajstić information content (AvgIpc) is 2.47. The zero-order valence-electron chi connectivity index (χ0n) is 12.8. The fourth-order valence-corrected chi connectivity index (χ4v) is 2.21. The monoisotopic (exact) mass is 277 g/mol. The van der Waals surface area contributed by atoms with Crippen LogP contribution >= 0.6 is 0 Å². The van der Waals surface area contributed by atoms with Crippen molar-refractivity contribution in [3.63, 3.8) is 0 Å². The van der Waals surface area contributed by atoms with Crippen molar-refractivity contribution in [2.75, 3.05) is 19.7 Å². The lowest BCUT2D eigenvalue weighted by Gasteiger charge is -2.20. The van der Waals surface area contributed by atoms with Gasteiger partial charge in [0.05, 0.1) is 6.61 Å². The average molecular weight is 277 g/mol. The Balaban J connectivity index is 2.14. The van der Waals surface area contributed by atoms with Crippen LogP contribution in [0.5, 0.6) is 0 Å². The van der Waals surface area contributed by atoms with E-state index in [1.165, 1.54) is 5.56 Å². The minimum Gasteiger partial charge on any atom is -0.466 e. The number of hydrogen-bond acceptors (Lipinski definition) is 3. The third-order valence-corrected chi connectivity index (χ3v) is 3.36. The van der Waals surface area contributed by atoms with Gasteiger partial charge in [0.15, 0.2) is 0 Å². The Hall–Kier alpha value is -1.35. The third kappa shape index (κ3) is 7.29. The van der Waals surface area contributed by atoms with Gasteiger partial charge in [0.25, 0.3) is 0 Å². The van der Waals surface area contributed by atoms with Gasteiger partial charge < -0.3 is 4.74 Å². The quantitative estimate of drug-likeness (QED) is 0.483. The van der Waals surface area contributed by atoms with E-state index in [1.54, 1.807) is 0 Å². The van der Waals surface area contributed by atoms with Crippen LogP contribution in [-0.4, -0.2) is 30.6 Å². The minimum absolute atomic E-state index is 0.0656. The van der Waals surface area contributed by atoms with Crippen LogP contribution in [0.3, 0.4) is 0 Å². The van der Waals surface area contributed by atoms with Crippen molar-refractivity contribution in [2.45, 2.75) is 46.1 Å². The van der Waals surface area contributed by atoms with Gasteiger partial charge >= 0.3 is 5.97 Å². The summed E-state index contributed by atoms with van der Waals surface area (Å²) in [6, 6.07) is 10.6. The number of esters is 1. The molecule has 0 N–H and O–H groups in total. The number of hydrogen-bond donors (Lipinski definition) is 0. The fourth-order valence-electron chi connectivity index (χ4n) is 2.21. The zero-order valence-corrected chi connectivity index (χ0v) is 12.8. The summed E-state index contributed by atoms with van der Waals surface area (Å²) in [7, 11) is 0. The molecule has 0 saturated heterocycles. The van der Waals surface area contributed by atoms with E-state index in [1.807, 2.05) is 6.92 Å². The summed E-state index contributed by atoms with van der Waals surface area (Å²) in [5.41, 5.74) is 1.36. The second-order valence-corrected chi connectivity index (χ2v) is 4.97. The van der Waals surface area contributed by atoms with Gasteiger partial charge in [-0.3, -0.25) is 9.69 Å². The normalized spacial score (nSPS) is 10.8. The number of carbonyl (C=O) groups is 1. The molecule has 0 heterocycles. The van der Waals surface area contributed by atoms with Crippen molar-refractivity contribution >= 4 is 5.97 Å². The first-order valence-electron chi connectivity index (χ1n) is 7.68.